The molecule has 0 spiro atoms. The molecule has 2 nitrogen and oxygen atoms in total. The highest BCUT2D eigenvalue weighted by Crippen LogP contribution is 2.04. The summed E-state index contributed by atoms with van der Waals surface area (Å²) < 4.78 is 0. The van der Waals surface area contributed by atoms with Crippen molar-refractivity contribution in [2.75, 3.05) is 13.1 Å². The first-order chi connectivity index (χ1) is 7.78. The van der Waals surface area contributed by atoms with Gasteiger partial charge in [-0.2, -0.15) is 0 Å². The number of nitrogens with one attached hydrogen (secondary N) is 2. The monoisotopic (exact) mass is 228 g/mol. The van der Waals surface area contributed by atoms with Crippen molar-refractivity contribution >= 4 is 0 Å². The van der Waals surface area contributed by atoms with E-state index < -0.39 is 0 Å². The van der Waals surface area contributed by atoms with Gasteiger partial charge in [0.05, 0.1) is 0 Å². The molecule has 1 atom stereocenters. The van der Waals surface area contributed by atoms with Crippen LogP contribution in [0.25, 0.3) is 0 Å². The molecule has 0 radical (unpaired) electrons. The van der Waals surface area contributed by atoms with Gasteiger partial charge in [-0.25, -0.2) is 0 Å². The van der Waals surface area contributed by atoms with Gasteiger partial charge in [0.1, 0.15) is 0 Å². The molecule has 0 heterocycles. The van der Waals surface area contributed by atoms with Crippen molar-refractivity contribution < 1.29 is 0 Å². The Kier molecular flexibility index (Phi) is 11.3. The van der Waals surface area contributed by atoms with Gasteiger partial charge in [0.2, 0.25) is 0 Å². The van der Waals surface area contributed by atoms with Gasteiger partial charge in [-0.15, -0.1) is 0 Å². The van der Waals surface area contributed by atoms with Gasteiger partial charge in [0.25, 0.3) is 0 Å². The number of rotatable bonds is 11. The van der Waals surface area contributed by atoms with E-state index in [-0.39, 0.29) is 0 Å². The highest BCUT2D eigenvalue weighted by Gasteiger charge is 2.04. The smallest absolute Gasteiger partial charge is 0.00643 e. The van der Waals surface area contributed by atoms with E-state index in [1.54, 1.807) is 0 Å². The maximum absolute atomic E-state index is 3.62. The van der Waals surface area contributed by atoms with Gasteiger partial charge in [-0.3, -0.25) is 0 Å². The first-order valence-electron chi connectivity index (χ1n) is 7.25. The van der Waals surface area contributed by atoms with E-state index in [2.05, 4.69) is 38.3 Å². The van der Waals surface area contributed by atoms with Crippen LogP contribution < -0.4 is 10.6 Å². The van der Waals surface area contributed by atoms with Crippen LogP contribution in [-0.4, -0.2) is 25.2 Å². The van der Waals surface area contributed by atoms with E-state index in [0.717, 1.165) is 18.6 Å². The SMILES string of the molecule is CCNC(CC)CCCCNC(CC)CC. The van der Waals surface area contributed by atoms with Crippen molar-refractivity contribution in [2.45, 2.75) is 78.3 Å². The summed E-state index contributed by atoms with van der Waals surface area (Å²) in [6.45, 7) is 11.3. The zero-order valence-electron chi connectivity index (χ0n) is 11.8. The number of hydrogen-bond donors (Lipinski definition) is 2. The number of hydrogen-bond acceptors (Lipinski definition) is 2. The Morgan fingerprint density at radius 2 is 1.38 bits per heavy atom. The summed E-state index contributed by atoms with van der Waals surface area (Å²) in [5.41, 5.74) is 0. The molecule has 1 unspecified atom stereocenters. The molecule has 0 rings (SSSR count). The minimum atomic E-state index is 0.732. The molecule has 0 aromatic carbocycles. The summed E-state index contributed by atoms with van der Waals surface area (Å²) >= 11 is 0. The maximum Gasteiger partial charge on any atom is 0.00643 e. The largest absolute Gasteiger partial charge is 0.314 e. The highest BCUT2D eigenvalue weighted by atomic mass is 14.9. The van der Waals surface area contributed by atoms with Gasteiger partial charge in [-0.1, -0.05) is 34.1 Å². The molecule has 0 aromatic rings. The van der Waals surface area contributed by atoms with Gasteiger partial charge < -0.3 is 10.6 Å². The third-order valence-electron chi connectivity index (χ3n) is 3.38. The summed E-state index contributed by atoms with van der Waals surface area (Å²) in [5.74, 6) is 0. The quantitative estimate of drug-likeness (QED) is 0.530. The summed E-state index contributed by atoms with van der Waals surface area (Å²) in [6, 6.07) is 1.47. The molecule has 0 aliphatic heterocycles. The maximum atomic E-state index is 3.62. The first kappa shape index (κ1) is 15.9. The van der Waals surface area contributed by atoms with E-state index in [4.69, 9.17) is 0 Å². The van der Waals surface area contributed by atoms with Crippen molar-refractivity contribution in [1.82, 2.24) is 10.6 Å². The molecule has 2 heteroatoms. The summed E-state index contributed by atoms with van der Waals surface area (Å²) in [5, 5.41) is 7.16. The summed E-state index contributed by atoms with van der Waals surface area (Å²) in [6.07, 6.45) is 7.76. The van der Waals surface area contributed by atoms with Crippen molar-refractivity contribution in [3.8, 4) is 0 Å². The topological polar surface area (TPSA) is 24.1 Å². The molecular formula is C14H32N2. The molecule has 98 valence electrons. The molecule has 2 N–H and O–H groups in total. The average molecular weight is 228 g/mol. The molecule has 0 aromatic heterocycles. The fourth-order valence-corrected chi connectivity index (χ4v) is 2.14. The fourth-order valence-electron chi connectivity index (χ4n) is 2.14. The van der Waals surface area contributed by atoms with E-state index in [1.807, 2.05) is 0 Å². The zero-order valence-corrected chi connectivity index (χ0v) is 11.8. The van der Waals surface area contributed by atoms with E-state index in [9.17, 15) is 0 Å². The Bertz CT molecular complexity index is 133. The Morgan fingerprint density at radius 3 is 1.88 bits per heavy atom. The van der Waals surface area contributed by atoms with E-state index >= 15 is 0 Å². The van der Waals surface area contributed by atoms with E-state index in [0.29, 0.717) is 0 Å². The second kappa shape index (κ2) is 11.4. The normalized spacial score (nSPS) is 13.3. The summed E-state index contributed by atoms with van der Waals surface area (Å²) in [4.78, 5) is 0. The van der Waals surface area contributed by atoms with Crippen LogP contribution in [-0.2, 0) is 0 Å². The molecule has 0 saturated heterocycles. The molecule has 0 amide bonds. The minimum absolute atomic E-state index is 0.732. The van der Waals surface area contributed by atoms with Gasteiger partial charge in [0, 0.05) is 12.1 Å². The predicted molar refractivity (Wildman–Crippen MR) is 74.0 cm³/mol. The molecule has 0 saturated carbocycles. The predicted octanol–water partition coefficient (Wildman–Crippen LogP) is 3.32. The fraction of sp³-hybridized carbons (Fsp3) is 1.00. The molecule has 16 heavy (non-hydrogen) atoms. The van der Waals surface area contributed by atoms with Gasteiger partial charge in [0.15, 0.2) is 0 Å². The first-order valence-corrected chi connectivity index (χ1v) is 7.25. The Labute approximate surface area is 103 Å². The van der Waals surface area contributed by atoms with Gasteiger partial charge in [-0.05, 0) is 45.2 Å². The molecular weight excluding hydrogens is 196 g/mol. The van der Waals surface area contributed by atoms with Crippen molar-refractivity contribution in [3.63, 3.8) is 0 Å². The Balaban J connectivity index is 3.37. The molecule has 0 aliphatic carbocycles. The summed E-state index contributed by atoms with van der Waals surface area (Å²) in [7, 11) is 0. The van der Waals surface area contributed by atoms with Crippen LogP contribution in [0.2, 0.25) is 0 Å². The lowest BCUT2D eigenvalue weighted by atomic mass is 10.1. The van der Waals surface area contributed by atoms with Gasteiger partial charge >= 0.3 is 0 Å². The lowest BCUT2D eigenvalue weighted by molar-refractivity contribution is 0.435. The van der Waals surface area contributed by atoms with Crippen LogP contribution in [0.15, 0.2) is 0 Å². The highest BCUT2D eigenvalue weighted by molar-refractivity contribution is 4.65. The third kappa shape index (κ3) is 8.12. The lowest BCUT2D eigenvalue weighted by Gasteiger charge is -2.17. The van der Waals surface area contributed by atoms with E-state index in [1.165, 1.54) is 45.1 Å². The minimum Gasteiger partial charge on any atom is -0.314 e. The number of unbranched alkanes of at least 4 members (excludes halogenated alkanes) is 1. The van der Waals surface area contributed by atoms with Crippen molar-refractivity contribution in [3.05, 3.63) is 0 Å². The van der Waals surface area contributed by atoms with Crippen molar-refractivity contribution in [2.24, 2.45) is 0 Å². The van der Waals surface area contributed by atoms with Crippen LogP contribution >= 0.6 is 0 Å². The second-order valence-electron chi connectivity index (χ2n) is 4.63. The molecule has 0 fully saturated rings. The molecule has 0 bridgehead atoms. The average Bonchev–Trinajstić information content (AvgIpc) is 2.32. The van der Waals surface area contributed by atoms with Crippen LogP contribution in [0, 0.1) is 0 Å². The standard InChI is InChI=1S/C14H32N2/c1-5-13(6-2)16-12-10-9-11-14(7-3)15-8-4/h13-16H,5-12H2,1-4H3. The van der Waals surface area contributed by atoms with Crippen LogP contribution in [0.1, 0.15) is 66.2 Å². The third-order valence-corrected chi connectivity index (χ3v) is 3.38. The van der Waals surface area contributed by atoms with Crippen LogP contribution in [0.5, 0.6) is 0 Å². The van der Waals surface area contributed by atoms with Crippen molar-refractivity contribution in [1.29, 1.82) is 0 Å². The lowest BCUT2D eigenvalue weighted by Crippen LogP contribution is -2.30. The van der Waals surface area contributed by atoms with Crippen LogP contribution in [0.4, 0.5) is 0 Å². The van der Waals surface area contributed by atoms with Crippen LogP contribution in [0.3, 0.4) is 0 Å². The zero-order chi connectivity index (χ0) is 12.2. The second-order valence-corrected chi connectivity index (χ2v) is 4.63. The molecule has 0 aliphatic rings. The Hall–Kier alpha value is -0.0800. The Morgan fingerprint density at radius 1 is 0.750 bits per heavy atom.